The van der Waals surface area contributed by atoms with Gasteiger partial charge in [0.25, 0.3) is 17.4 Å². The lowest BCUT2D eigenvalue weighted by Crippen LogP contribution is -2.42. The molecule has 0 unspecified atom stereocenters. The molecule has 1 aliphatic rings. The van der Waals surface area contributed by atoms with E-state index in [2.05, 4.69) is 10.3 Å². The van der Waals surface area contributed by atoms with Gasteiger partial charge in [-0.3, -0.25) is 19.0 Å². The predicted molar refractivity (Wildman–Crippen MR) is 114 cm³/mol. The van der Waals surface area contributed by atoms with Gasteiger partial charge in [0.1, 0.15) is 23.0 Å². The predicted octanol–water partition coefficient (Wildman–Crippen LogP) is 3.55. The summed E-state index contributed by atoms with van der Waals surface area (Å²) >= 11 is 0.986. The summed E-state index contributed by atoms with van der Waals surface area (Å²) in [4.78, 5) is 44.1. The fourth-order valence-corrected chi connectivity index (χ4v) is 4.74. The average molecular weight is 482 g/mol. The number of nitrogens with one attached hydrogen (secondary N) is 1. The van der Waals surface area contributed by atoms with Crippen LogP contribution in [-0.2, 0) is 11.3 Å². The van der Waals surface area contributed by atoms with Crippen molar-refractivity contribution in [3.05, 3.63) is 57.0 Å². The van der Waals surface area contributed by atoms with Crippen LogP contribution in [0.25, 0.3) is 10.2 Å². The molecule has 1 fully saturated rings. The molecule has 3 aromatic rings. The van der Waals surface area contributed by atoms with Gasteiger partial charge in [0.2, 0.25) is 5.91 Å². The molecule has 12 heteroatoms. The lowest BCUT2D eigenvalue weighted by atomic mass is 10.1. The molecule has 2 amide bonds. The quantitative estimate of drug-likeness (QED) is 0.577. The van der Waals surface area contributed by atoms with Crippen molar-refractivity contribution in [3.63, 3.8) is 0 Å². The third kappa shape index (κ3) is 4.75. The molecule has 0 radical (unpaired) electrons. The molecule has 3 heterocycles. The van der Waals surface area contributed by atoms with Crippen molar-refractivity contribution in [2.24, 2.45) is 0 Å². The minimum Gasteiger partial charge on any atom is -0.337 e. The highest BCUT2D eigenvalue weighted by Crippen LogP contribution is 2.32. The number of amides is 2. The zero-order valence-corrected chi connectivity index (χ0v) is 18.1. The summed E-state index contributed by atoms with van der Waals surface area (Å²) < 4.78 is 54.4. The number of anilines is 1. The molecule has 33 heavy (non-hydrogen) atoms. The SMILES string of the molecule is Cc1c(C(=O)N2CCC(F)(F)CC2)sc2ncn(CC(=O)Nc3cc(F)cc(F)c3)c(=O)c12. The first-order valence-electron chi connectivity index (χ1n) is 9.96. The number of carbonyl (C=O) groups is 2. The third-order valence-electron chi connectivity index (χ3n) is 5.35. The molecule has 1 aromatic carbocycles. The largest absolute Gasteiger partial charge is 0.337 e. The Morgan fingerprint density at radius 1 is 1.15 bits per heavy atom. The number of hydrogen-bond donors (Lipinski definition) is 1. The molecule has 174 valence electrons. The molecule has 7 nitrogen and oxygen atoms in total. The number of nitrogens with zero attached hydrogens (tertiary/aromatic N) is 3. The Kier molecular flexibility index (Phi) is 5.95. The Hall–Kier alpha value is -3.28. The first-order chi connectivity index (χ1) is 15.5. The van der Waals surface area contributed by atoms with E-state index in [1.54, 1.807) is 6.92 Å². The van der Waals surface area contributed by atoms with Crippen molar-refractivity contribution < 1.29 is 27.2 Å². The first-order valence-corrected chi connectivity index (χ1v) is 10.8. The molecule has 0 spiro atoms. The van der Waals surface area contributed by atoms with Crippen LogP contribution in [0.4, 0.5) is 23.2 Å². The van der Waals surface area contributed by atoms with Gasteiger partial charge >= 0.3 is 0 Å². The molecule has 2 aromatic heterocycles. The molecule has 1 aliphatic heterocycles. The number of piperidine rings is 1. The molecular formula is C21H18F4N4O3S. The molecule has 0 aliphatic carbocycles. The summed E-state index contributed by atoms with van der Waals surface area (Å²) in [6.07, 6.45) is 0.304. The van der Waals surface area contributed by atoms with E-state index in [1.165, 1.54) is 4.90 Å². The van der Waals surface area contributed by atoms with E-state index >= 15 is 0 Å². The van der Waals surface area contributed by atoms with E-state index in [1.807, 2.05) is 0 Å². The zero-order valence-electron chi connectivity index (χ0n) is 17.3. The van der Waals surface area contributed by atoms with E-state index in [0.29, 0.717) is 11.6 Å². The van der Waals surface area contributed by atoms with Crippen LogP contribution in [0.15, 0.2) is 29.3 Å². The number of thiophene rings is 1. The molecule has 0 saturated carbocycles. The van der Waals surface area contributed by atoms with Gasteiger partial charge in [-0.1, -0.05) is 0 Å². The highest BCUT2D eigenvalue weighted by Gasteiger charge is 2.36. The summed E-state index contributed by atoms with van der Waals surface area (Å²) in [7, 11) is 0. The van der Waals surface area contributed by atoms with E-state index in [4.69, 9.17) is 0 Å². The van der Waals surface area contributed by atoms with E-state index in [-0.39, 0.29) is 33.9 Å². The maximum atomic E-state index is 13.4. The van der Waals surface area contributed by atoms with E-state index in [0.717, 1.165) is 34.4 Å². The first kappa shape index (κ1) is 22.9. The van der Waals surface area contributed by atoms with Crippen molar-refractivity contribution in [1.29, 1.82) is 0 Å². The molecule has 1 saturated heterocycles. The topological polar surface area (TPSA) is 84.3 Å². The second-order valence-electron chi connectivity index (χ2n) is 7.77. The third-order valence-corrected chi connectivity index (χ3v) is 6.54. The number of carbonyl (C=O) groups excluding carboxylic acids is 2. The average Bonchev–Trinajstić information content (AvgIpc) is 3.06. The van der Waals surface area contributed by atoms with Crippen LogP contribution in [0.1, 0.15) is 28.1 Å². The van der Waals surface area contributed by atoms with Crippen LogP contribution in [0.2, 0.25) is 0 Å². The maximum absolute atomic E-state index is 13.4. The van der Waals surface area contributed by atoms with E-state index in [9.17, 15) is 31.9 Å². The lowest BCUT2D eigenvalue weighted by molar-refractivity contribution is -0.116. The highest BCUT2D eigenvalue weighted by atomic mass is 32.1. The van der Waals surface area contributed by atoms with Crippen molar-refractivity contribution >= 4 is 39.1 Å². The van der Waals surface area contributed by atoms with Gasteiger partial charge in [-0.2, -0.15) is 0 Å². The van der Waals surface area contributed by atoms with Gasteiger partial charge in [-0.05, 0) is 24.6 Å². The van der Waals surface area contributed by atoms with Crippen molar-refractivity contribution in [2.75, 3.05) is 18.4 Å². The number of benzene rings is 1. The zero-order chi connectivity index (χ0) is 23.9. The van der Waals surface area contributed by atoms with Crippen LogP contribution < -0.4 is 10.9 Å². The van der Waals surface area contributed by atoms with Crippen molar-refractivity contribution in [1.82, 2.24) is 14.5 Å². The molecule has 0 atom stereocenters. The summed E-state index contributed by atoms with van der Waals surface area (Å²) in [6.45, 7) is 0.920. The minimum absolute atomic E-state index is 0.0853. The van der Waals surface area contributed by atoms with Gasteiger partial charge in [-0.25, -0.2) is 22.5 Å². The smallest absolute Gasteiger partial charge is 0.264 e. The second-order valence-corrected chi connectivity index (χ2v) is 8.77. The van der Waals surface area contributed by atoms with Gasteiger partial charge in [0.15, 0.2) is 0 Å². The van der Waals surface area contributed by atoms with Crippen molar-refractivity contribution in [2.45, 2.75) is 32.2 Å². The number of hydrogen-bond acceptors (Lipinski definition) is 5. The van der Waals surface area contributed by atoms with Crippen LogP contribution in [0, 0.1) is 18.6 Å². The summed E-state index contributed by atoms with van der Waals surface area (Å²) in [5.74, 6) is -5.67. The molecule has 0 bridgehead atoms. The maximum Gasteiger partial charge on any atom is 0.264 e. The summed E-state index contributed by atoms with van der Waals surface area (Å²) in [5, 5.41) is 2.46. The second kappa shape index (κ2) is 8.58. The number of aryl methyl sites for hydroxylation is 1. The van der Waals surface area contributed by atoms with Crippen LogP contribution in [0.5, 0.6) is 0 Å². The number of likely N-dealkylation sites (tertiary alicyclic amines) is 1. The summed E-state index contributed by atoms with van der Waals surface area (Å²) in [5.41, 5.74) is -0.318. The van der Waals surface area contributed by atoms with E-state index < -0.39 is 54.3 Å². The molecule has 4 rings (SSSR count). The molecular weight excluding hydrogens is 464 g/mol. The van der Waals surface area contributed by atoms with Gasteiger partial charge in [-0.15, -0.1) is 11.3 Å². The van der Waals surface area contributed by atoms with Gasteiger partial charge in [0, 0.05) is 37.7 Å². The minimum atomic E-state index is -2.79. The Morgan fingerprint density at radius 3 is 2.42 bits per heavy atom. The van der Waals surface area contributed by atoms with Crippen LogP contribution in [-0.4, -0.2) is 45.3 Å². The standard InChI is InChI=1S/C21H18F4N4O3S/c1-11-16-18(33-17(11)20(32)28-4-2-21(24,25)3-5-28)26-10-29(19(16)31)9-15(30)27-14-7-12(22)6-13(23)8-14/h6-8,10H,2-5,9H2,1H3,(H,27,30). The normalized spacial score (nSPS) is 15.6. The fourth-order valence-electron chi connectivity index (χ4n) is 3.64. The monoisotopic (exact) mass is 482 g/mol. The van der Waals surface area contributed by atoms with Gasteiger partial charge in [0.05, 0.1) is 16.6 Å². The number of aromatic nitrogens is 2. The Balaban J connectivity index is 1.56. The number of alkyl halides is 2. The number of fused-ring (bicyclic) bond motifs is 1. The fraction of sp³-hybridized carbons (Fsp3) is 0.333. The summed E-state index contributed by atoms with van der Waals surface area (Å²) in [6, 6.07) is 2.52. The Morgan fingerprint density at radius 2 is 1.79 bits per heavy atom. The van der Waals surface area contributed by atoms with Gasteiger partial charge < -0.3 is 10.2 Å². The van der Waals surface area contributed by atoms with Crippen molar-refractivity contribution in [3.8, 4) is 0 Å². The number of halogens is 4. The van der Waals surface area contributed by atoms with Crippen LogP contribution >= 0.6 is 11.3 Å². The molecule has 1 N–H and O–H groups in total. The highest BCUT2D eigenvalue weighted by molar-refractivity contribution is 7.20. The Bertz CT molecular complexity index is 1290. The lowest BCUT2D eigenvalue weighted by Gasteiger charge is -2.31. The Labute approximate surface area is 188 Å². The van der Waals surface area contributed by atoms with Crippen LogP contribution in [0.3, 0.4) is 0 Å². The number of rotatable bonds is 4.